The fourth-order valence-electron chi connectivity index (χ4n) is 1.87. The first kappa shape index (κ1) is 14.0. The standard InChI is InChI=1S/C15H25NO/c1-11(2)16-7-6-14(5)17-15-9-12(3)8-13(4)10-15/h8-11,14,16H,6-7H2,1-5H3. The van der Waals surface area contributed by atoms with Gasteiger partial charge in [0.15, 0.2) is 0 Å². The van der Waals surface area contributed by atoms with Gasteiger partial charge in [-0.2, -0.15) is 0 Å². The minimum absolute atomic E-state index is 0.252. The van der Waals surface area contributed by atoms with Crippen molar-refractivity contribution < 1.29 is 4.74 Å². The molecule has 1 aromatic carbocycles. The minimum atomic E-state index is 0.252. The van der Waals surface area contributed by atoms with Crippen molar-refractivity contribution in [1.82, 2.24) is 5.32 Å². The van der Waals surface area contributed by atoms with Gasteiger partial charge in [-0.15, -0.1) is 0 Å². The molecule has 2 heteroatoms. The Bertz CT molecular complexity index is 327. The Kier molecular flexibility index (Phi) is 5.49. The zero-order chi connectivity index (χ0) is 12.8. The van der Waals surface area contributed by atoms with Crippen LogP contribution < -0.4 is 10.1 Å². The quantitative estimate of drug-likeness (QED) is 0.815. The van der Waals surface area contributed by atoms with Gasteiger partial charge in [-0.1, -0.05) is 19.9 Å². The third-order valence-electron chi connectivity index (χ3n) is 2.64. The fraction of sp³-hybridized carbons (Fsp3) is 0.600. The maximum atomic E-state index is 5.92. The molecule has 0 heterocycles. The van der Waals surface area contributed by atoms with Gasteiger partial charge in [-0.05, 0) is 57.0 Å². The van der Waals surface area contributed by atoms with Gasteiger partial charge in [-0.25, -0.2) is 0 Å². The average Bonchev–Trinajstić information content (AvgIpc) is 2.14. The Balaban J connectivity index is 2.42. The first-order chi connectivity index (χ1) is 7.97. The molecule has 0 radical (unpaired) electrons. The van der Waals surface area contributed by atoms with Crippen molar-refractivity contribution in [2.24, 2.45) is 0 Å². The van der Waals surface area contributed by atoms with Gasteiger partial charge in [0.05, 0.1) is 6.10 Å². The van der Waals surface area contributed by atoms with Crippen molar-refractivity contribution in [3.63, 3.8) is 0 Å². The van der Waals surface area contributed by atoms with Gasteiger partial charge >= 0.3 is 0 Å². The number of ether oxygens (including phenoxy) is 1. The molecule has 2 nitrogen and oxygen atoms in total. The highest BCUT2D eigenvalue weighted by atomic mass is 16.5. The molecule has 1 aromatic rings. The number of benzene rings is 1. The monoisotopic (exact) mass is 235 g/mol. The van der Waals surface area contributed by atoms with Crippen LogP contribution in [0.3, 0.4) is 0 Å². The molecule has 0 spiro atoms. The van der Waals surface area contributed by atoms with Crippen LogP contribution in [-0.2, 0) is 0 Å². The fourth-order valence-corrected chi connectivity index (χ4v) is 1.87. The Morgan fingerprint density at radius 1 is 1.06 bits per heavy atom. The predicted molar refractivity (Wildman–Crippen MR) is 73.8 cm³/mol. The normalized spacial score (nSPS) is 12.8. The van der Waals surface area contributed by atoms with E-state index in [2.05, 4.69) is 58.1 Å². The summed E-state index contributed by atoms with van der Waals surface area (Å²) in [6.45, 7) is 11.7. The summed E-state index contributed by atoms with van der Waals surface area (Å²) < 4.78 is 5.92. The van der Waals surface area contributed by atoms with E-state index in [1.807, 2.05) is 0 Å². The van der Waals surface area contributed by atoms with Gasteiger partial charge in [0.25, 0.3) is 0 Å². The molecular weight excluding hydrogens is 210 g/mol. The molecule has 1 rings (SSSR count). The van der Waals surface area contributed by atoms with Crippen LogP contribution in [0.5, 0.6) is 5.75 Å². The van der Waals surface area contributed by atoms with Crippen molar-refractivity contribution in [3.8, 4) is 5.75 Å². The van der Waals surface area contributed by atoms with Crippen molar-refractivity contribution in [2.75, 3.05) is 6.54 Å². The second kappa shape index (κ2) is 6.65. The number of nitrogens with one attached hydrogen (secondary N) is 1. The first-order valence-corrected chi connectivity index (χ1v) is 6.45. The highest BCUT2D eigenvalue weighted by molar-refractivity contribution is 5.33. The van der Waals surface area contributed by atoms with Crippen LogP contribution in [0.25, 0.3) is 0 Å². The maximum Gasteiger partial charge on any atom is 0.120 e. The number of aryl methyl sites for hydroxylation is 2. The van der Waals surface area contributed by atoms with Gasteiger partial charge in [0, 0.05) is 6.04 Å². The van der Waals surface area contributed by atoms with E-state index in [1.165, 1.54) is 11.1 Å². The van der Waals surface area contributed by atoms with E-state index >= 15 is 0 Å². The van der Waals surface area contributed by atoms with Crippen LogP contribution in [-0.4, -0.2) is 18.7 Å². The molecule has 0 aromatic heterocycles. The third-order valence-corrected chi connectivity index (χ3v) is 2.64. The van der Waals surface area contributed by atoms with Crippen LogP contribution in [0.2, 0.25) is 0 Å². The summed E-state index contributed by atoms with van der Waals surface area (Å²) in [5.74, 6) is 0.986. The van der Waals surface area contributed by atoms with E-state index in [9.17, 15) is 0 Å². The lowest BCUT2D eigenvalue weighted by Crippen LogP contribution is -2.27. The topological polar surface area (TPSA) is 21.3 Å². The van der Waals surface area contributed by atoms with Crippen LogP contribution in [0.4, 0.5) is 0 Å². The molecule has 0 aliphatic carbocycles. The lowest BCUT2D eigenvalue weighted by Gasteiger charge is -2.17. The smallest absolute Gasteiger partial charge is 0.120 e. The lowest BCUT2D eigenvalue weighted by atomic mass is 10.1. The van der Waals surface area contributed by atoms with Gasteiger partial charge in [0.1, 0.15) is 5.75 Å². The van der Waals surface area contributed by atoms with E-state index in [-0.39, 0.29) is 6.10 Å². The average molecular weight is 235 g/mol. The van der Waals surface area contributed by atoms with Gasteiger partial charge in [-0.3, -0.25) is 0 Å². The molecule has 0 fully saturated rings. The van der Waals surface area contributed by atoms with Crippen LogP contribution >= 0.6 is 0 Å². The largest absolute Gasteiger partial charge is 0.491 e. The summed E-state index contributed by atoms with van der Waals surface area (Å²) in [6.07, 6.45) is 1.29. The van der Waals surface area contributed by atoms with Crippen molar-refractivity contribution in [3.05, 3.63) is 29.3 Å². The summed E-state index contributed by atoms with van der Waals surface area (Å²) in [5.41, 5.74) is 2.51. The molecule has 17 heavy (non-hydrogen) atoms. The van der Waals surface area contributed by atoms with E-state index in [1.54, 1.807) is 0 Å². The number of rotatable bonds is 6. The summed E-state index contributed by atoms with van der Waals surface area (Å²) in [4.78, 5) is 0. The highest BCUT2D eigenvalue weighted by Gasteiger charge is 2.05. The van der Waals surface area contributed by atoms with Crippen LogP contribution in [0.1, 0.15) is 38.3 Å². The summed E-state index contributed by atoms with van der Waals surface area (Å²) in [7, 11) is 0. The molecule has 0 saturated carbocycles. The zero-order valence-electron chi connectivity index (χ0n) is 11.7. The molecule has 96 valence electrons. The summed E-state index contributed by atoms with van der Waals surface area (Å²) in [5, 5.41) is 3.40. The highest BCUT2D eigenvalue weighted by Crippen LogP contribution is 2.18. The molecule has 0 aliphatic rings. The minimum Gasteiger partial charge on any atom is -0.491 e. The van der Waals surface area contributed by atoms with Gasteiger partial charge < -0.3 is 10.1 Å². The second-order valence-electron chi connectivity index (χ2n) is 5.15. The SMILES string of the molecule is Cc1cc(C)cc(OC(C)CCNC(C)C)c1. The van der Waals surface area contributed by atoms with Gasteiger partial charge in [0.2, 0.25) is 0 Å². The molecule has 1 N–H and O–H groups in total. The predicted octanol–water partition coefficient (Wildman–Crippen LogP) is 3.46. The molecular formula is C15H25NO. The lowest BCUT2D eigenvalue weighted by molar-refractivity contribution is 0.208. The second-order valence-corrected chi connectivity index (χ2v) is 5.15. The molecule has 1 unspecified atom stereocenters. The first-order valence-electron chi connectivity index (χ1n) is 6.45. The molecule has 1 atom stereocenters. The van der Waals surface area contributed by atoms with Crippen LogP contribution in [0, 0.1) is 13.8 Å². The molecule has 0 aliphatic heterocycles. The molecule has 0 bridgehead atoms. The van der Waals surface area contributed by atoms with Crippen LogP contribution in [0.15, 0.2) is 18.2 Å². The number of hydrogen-bond acceptors (Lipinski definition) is 2. The van der Waals surface area contributed by atoms with Crippen molar-refractivity contribution in [2.45, 2.75) is 53.2 Å². The summed E-state index contributed by atoms with van der Waals surface area (Å²) >= 11 is 0. The van der Waals surface area contributed by atoms with Crippen molar-refractivity contribution in [1.29, 1.82) is 0 Å². The van der Waals surface area contributed by atoms with Crippen molar-refractivity contribution >= 4 is 0 Å². The maximum absolute atomic E-state index is 5.92. The third kappa shape index (κ3) is 5.73. The Hall–Kier alpha value is -1.02. The Morgan fingerprint density at radius 2 is 1.65 bits per heavy atom. The van der Waals surface area contributed by atoms with E-state index < -0.39 is 0 Å². The zero-order valence-corrected chi connectivity index (χ0v) is 11.7. The van der Waals surface area contributed by atoms with E-state index in [4.69, 9.17) is 4.74 Å². The van der Waals surface area contributed by atoms with E-state index in [0.717, 1.165) is 18.7 Å². The Morgan fingerprint density at radius 3 is 2.18 bits per heavy atom. The molecule has 0 saturated heterocycles. The van der Waals surface area contributed by atoms with E-state index in [0.29, 0.717) is 6.04 Å². The molecule has 0 amide bonds. The Labute approximate surface area is 105 Å². The summed E-state index contributed by atoms with van der Waals surface area (Å²) in [6, 6.07) is 6.90. The number of hydrogen-bond donors (Lipinski definition) is 1.